The maximum Gasteiger partial charge on any atom is 0.340 e. The summed E-state index contributed by atoms with van der Waals surface area (Å²) in [5.74, 6) is 0.523. The Morgan fingerprint density at radius 3 is 2.45 bits per heavy atom. The first kappa shape index (κ1) is 14.2. The molecule has 0 aliphatic carbocycles. The zero-order chi connectivity index (χ0) is 15.9. The van der Waals surface area contributed by atoms with E-state index in [1.807, 2.05) is 0 Å². The van der Waals surface area contributed by atoms with E-state index in [0.29, 0.717) is 20.9 Å². The number of hydrogen-bond acceptors (Lipinski definition) is 5. The summed E-state index contributed by atoms with van der Waals surface area (Å²) in [6.45, 7) is 0. The van der Waals surface area contributed by atoms with E-state index in [9.17, 15) is 13.2 Å². The van der Waals surface area contributed by atoms with E-state index < -0.39 is 15.7 Å². The molecule has 3 aromatic rings. The van der Waals surface area contributed by atoms with Crippen molar-refractivity contribution in [3.05, 3.63) is 52.9 Å². The van der Waals surface area contributed by atoms with E-state index in [-0.39, 0.29) is 10.4 Å². The molecule has 0 aliphatic rings. The molecule has 0 saturated heterocycles. The number of benzene rings is 2. The molecule has 3 rings (SSSR count). The number of nitrogens with zero attached hydrogens (tertiary/aromatic N) is 1. The van der Waals surface area contributed by atoms with Gasteiger partial charge in [0.15, 0.2) is 0 Å². The number of nitrogens with two attached hydrogens (primary N) is 1. The predicted octanol–water partition coefficient (Wildman–Crippen LogP) is 1.16. The Morgan fingerprint density at radius 2 is 1.82 bits per heavy atom. The first-order valence-corrected chi connectivity index (χ1v) is 7.77. The van der Waals surface area contributed by atoms with Crippen LogP contribution in [-0.4, -0.2) is 24.5 Å². The quantitative estimate of drug-likeness (QED) is 0.704. The number of nitrogen functional groups attached to an aromatic ring is 1. The monoisotopic (exact) mass is 319 g/mol. The number of ether oxygens (including phenoxy) is 1. The highest BCUT2D eigenvalue weighted by Gasteiger charge is 2.22. The second-order valence-corrected chi connectivity index (χ2v) is 6.44. The van der Waals surface area contributed by atoms with E-state index in [1.54, 1.807) is 12.1 Å². The molecule has 2 aromatic carbocycles. The van der Waals surface area contributed by atoms with Crippen molar-refractivity contribution in [2.24, 2.45) is 0 Å². The molecule has 22 heavy (non-hydrogen) atoms. The molecule has 0 bridgehead atoms. The third-order valence-electron chi connectivity index (χ3n) is 3.26. The number of imidazole rings is 1. The zero-order valence-electron chi connectivity index (χ0n) is 11.6. The average Bonchev–Trinajstić information content (AvgIpc) is 2.83. The van der Waals surface area contributed by atoms with Gasteiger partial charge in [0.25, 0.3) is 10.0 Å². The summed E-state index contributed by atoms with van der Waals surface area (Å²) in [6, 6.07) is 10.4. The highest BCUT2D eigenvalue weighted by atomic mass is 32.2. The van der Waals surface area contributed by atoms with E-state index in [1.165, 1.54) is 37.4 Å². The van der Waals surface area contributed by atoms with Gasteiger partial charge in [-0.2, -0.15) is 3.97 Å². The lowest BCUT2D eigenvalue weighted by Gasteiger charge is -2.07. The van der Waals surface area contributed by atoms with Crippen LogP contribution in [0.15, 0.2) is 52.2 Å². The molecular formula is C14H13N3O4S. The number of rotatable bonds is 3. The summed E-state index contributed by atoms with van der Waals surface area (Å²) < 4.78 is 31.1. The number of methoxy groups -OCH3 is 1. The summed E-state index contributed by atoms with van der Waals surface area (Å²) in [6.07, 6.45) is 0. The van der Waals surface area contributed by atoms with E-state index in [4.69, 9.17) is 10.5 Å². The molecule has 114 valence electrons. The highest BCUT2D eigenvalue weighted by molar-refractivity contribution is 7.90. The molecule has 0 spiro atoms. The summed E-state index contributed by atoms with van der Waals surface area (Å²) in [5.41, 5.74) is 5.92. The SMILES string of the molecule is COc1ccc(S(=O)(=O)n2c(=O)[nH]c3ccc(N)cc32)cc1. The minimum Gasteiger partial charge on any atom is -0.497 e. The second-order valence-electron chi connectivity index (χ2n) is 4.65. The topological polar surface area (TPSA) is 107 Å². The fourth-order valence-electron chi connectivity index (χ4n) is 2.19. The van der Waals surface area contributed by atoms with Crippen LogP contribution in [0.2, 0.25) is 0 Å². The molecule has 0 saturated carbocycles. The van der Waals surface area contributed by atoms with Crippen molar-refractivity contribution in [2.45, 2.75) is 4.90 Å². The van der Waals surface area contributed by atoms with Crippen molar-refractivity contribution in [3.8, 4) is 5.75 Å². The van der Waals surface area contributed by atoms with Crippen molar-refractivity contribution >= 4 is 26.7 Å². The Balaban J connectivity index is 2.26. The number of H-pyrrole nitrogens is 1. The number of aromatic amines is 1. The summed E-state index contributed by atoms with van der Waals surface area (Å²) in [7, 11) is -2.55. The first-order chi connectivity index (χ1) is 10.4. The summed E-state index contributed by atoms with van der Waals surface area (Å²) >= 11 is 0. The predicted molar refractivity (Wildman–Crippen MR) is 82.5 cm³/mol. The Morgan fingerprint density at radius 1 is 1.14 bits per heavy atom. The molecule has 0 amide bonds. The van der Waals surface area contributed by atoms with Gasteiger partial charge in [-0.3, -0.25) is 0 Å². The van der Waals surface area contributed by atoms with Gasteiger partial charge in [0.05, 0.1) is 23.0 Å². The Hall–Kier alpha value is -2.74. The molecule has 0 fully saturated rings. The molecule has 0 unspecified atom stereocenters. The minimum absolute atomic E-state index is 0.0151. The van der Waals surface area contributed by atoms with Gasteiger partial charge in [-0.25, -0.2) is 13.2 Å². The fraction of sp³-hybridized carbons (Fsp3) is 0.0714. The average molecular weight is 319 g/mol. The van der Waals surface area contributed by atoms with Crippen LogP contribution in [0.3, 0.4) is 0 Å². The molecule has 1 heterocycles. The molecule has 0 atom stereocenters. The van der Waals surface area contributed by atoms with Gasteiger partial charge in [-0.1, -0.05) is 0 Å². The van der Waals surface area contributed by atoms with Gasteiger partial charge >= 0.3 is 5.69 Å². The summed E-state index contributed by atoms with van der Waals surface area (Å²) in [5, 5.41) is 0. The van der Waals surface area contributed by atoms with Gasteiger partial charge in [-0.15, -0.1) is 0 Å². The maximum absolute atomic E-state index is 12.7. The van der Waals surface area contributed by atoms with Gasteiger partial charge < -0.3 is 15.5 Å². The standard InChI is InChI=1S/C14H13N3O4S/c1-21-10-3-5-11(6-4-10)22(19,20)17-13-8-9(15)2-7-12(13)16-14(17)18/h2-8H,15H2,1H3,(H,16,18). The smallest absolute Gasteiger partial charge is 0.340 e. The molecule has 8 heteroatoms. The molecular weight excluding hydrogens is 306 g/mol. The van der Waals surface area contributed by atoms with Gasteiger partial charge in [-0.05, 0) is 42.5 Å². The van der Waals surface area contributed by atoms with Crippen molar-refractivity contribution in [3.63, 3.8) is 0 Å². The van der Waals surface area contributed by atoms with Crippen LogP contribution in [-0.2, 0) is 10.0 Å². The van der Waals surface area contributed by atoms with Gasteiger partial charge in [0, 0.05) is 5.69 Å². The number of hydrogen-bond donors (Lipinski definition) is 2. The number of aromatic nitrogens is 2. The normalized spacial score (nSPS) is 11.7. The molecule has 1 aromatic heterocycles. The van der Waals surface area contributed by atoms with Crippen LogP contribution in [0, 0.1) is 0 Å². The lowest BCUT2D eigenvalue weighted by atomic mass is 10.3. The molecule has 3 N–H and O–H groups in total. The van der Waals surface area contributed by atoms with Crippen molar-refractivity contribution in [2.75, 3.05) is 12.8 Å². The first-order valence-electron chi connectivity index (χ1n) is 6.33. The van der Waals surface area contributed by atoms with Crippen molar-refractivity contribution < 1.29 is 13.2 Å². The molecule has 0 aliphatic heterocycles. The third-order valence-corrected chi connectivity index (χ3v) is 4.98. The van der Waals surface area contributed by atoms with E-state index >= 15 is 0 Å². The van der Waals surface area contributed by atoms with E-state index in [2.05, 4.69) is 4.98 Å². The molecule has 7 nitrogen and oxygen atoms in total. The fourth-order valence-corrected chi connectivity index (χ4v) is 3.55. The van der Waals surface area contributed by atoms with Crippen LogP contribution < -0.4 is 16.2 Å². The van der Waals surface area contributed by atoms with Crippen LogP contribution in [0.5, 0.6) is 5.75 Å². The lowest BCUT2D eigenvalue weighted by molar-refractivity contribution is 0.414. The van der Waals surface area contributed by atoms with Gasteiger partial charge in [0.2, 0.25) is 0 Å². The summed E-state index contributed by atoms with van der Waals surface area (Å²) in [4.78, 5) is 14.5. The van der Waals surface area contributed by atoms with Crippen LogP contribution in [0.25, 0.3) is 11.0 Å². The van der Waals surface area contributed by atoms with Crippen molar-refractivity contribution in [1.29, 1.82) is 0 Å². The lowest BCUT2D eigenvalue weighted by Crippen LogP contribution is -2.25. The van der Waals surface area contributed by atoms with Crippen molar-refractivity contribution in [1.82, 2.24) is 8.96 Å². The Bertz CT molecular complexity index is 1000. The number of nitrogens with one attached hydrogen (secondary N) is 1. The maximum atomic E-state index is 12.7. The largest absolute Gasteiger partial charge is 0.497 e. The Labute approximate surface area is 126 Å². The van der Waals surface area contributed by atoms with Crippen LogP contribution >= 0.6 is 0 Å². The number of fused-ring (bicyclic) bond motifs is 1. The second kappa shape index (κ2) is 4.92. The third kappa shape index (κ3) is 2.13. The molecule has 0 radical (unpaired) electrons. The number of anilines is 1. The minimum atomic E-state index is -4.03. The zero-order valence-corrected chi connectivity index (χ0v) is 12.4. The Kier molecular flexibility index (Phi) is 3.18. The van der Waals surface area contributed by atoms with Gasteiger partial charge in [0.1, 0.15) is 5.75 Å². The van der Waals surface area contributed by atoms with E-state index in [0.717, 1.165) is 0 Å². The highest BCUT2D eigenvalue weighted by Crippen LogP contribution is 2.21. The van der Waals surface area contributed by atoms with Crippen LogP contribution in [0.1, 0.15) is 0 Å². The van der Waals surface area contributed by atoms with Crippen LogP contribution in [0.4, 0.5) is 5.69 Å².